The third kappa shape index (κ3) is 8.07. The molecule has 37 heavy (non-hydrogen) atoms. The van der Waals surface area contributed by atoms with E-state index in [-0.39, 0.29) is 18.1 Å². The van der Waals surface area contributed by atoms with Crippen molar-refractivity contribution in [1.82, 2.24) is 20.4 Å². The van der Waals surface area contributed by atoms with E-state index in [1.165, 1.54) is 24.6 Å². The second kappa shape index (κ2) is 9.88. The minimum atomic E-state index is -9.68. The van der Waals surface area contributed by atoms with Gasteiger partial charge in [0.2, 0.25) is 5.89 Å². The normalized spacial score (nSPS) is 13.9. The number of aromatic nitrogens is 4. The van der Waals surface area contributed by atoms with Crippen molar-refractivity contribution < 1.29 is 33.3 Å². The van der Waals surface area contributed by atoms with Crippen LogP contribution in [0.2, 0.25) is 0 Å². The Morgan fingerprint density at radius 1 is 0.892 bits per heavy atom. The molecule has 0 aliphatic heterocycles. The molecule has 2 aromatic heterocycles. The van der Waals surface area contributed by atoms with Crippen LogP contribution in [-0.4, -0.2) is 27.0 Å². The van der Waals surface area contributed by atoms with Crippen LogP contribution in [0, 0.1) is 0 Å². The van der Waals surface area contributed by atoms with Crippen LogP contribution in [0.1, 0.15) is 35.6 Å². The lowest BCUT2D eigenvalue weighted by molar-refractivity contribution is 0.295. The lowest BCUT2D eigenvalue weighted by atomic mass is 10.1. The molecule has 0 saturated heterocycles. The first-order valence-electron chi connectivity index (χ1n) is 11.1. The highest BCUT2D eigenvalue weighted by atomic mass is 32.5. The largest absolute Gasteiger partial charge is 0.487 e. The molecule has 2 aromatic carbocycles. The third-order valence-corrected chi connectivity index (χ3v) is 6.29. The maximum Gasteiger partial charge on any atom is 0.310 e. The van der Waals surface area contributed by atoms with Crippen LogP contribution in [-0.2, 0) is 13.0 Å². The van der Waals surface area contributed by atoms with Gasteiger partial charge in [-0.1, -0.05) is 43.7 Å². The predicted molar refractivity (Wildman–Crippen MR) is 129 cm³/mol. The van der Waals surface area contributed by atoms with Gasteiger partial charge in [0.15, 0.2) is 0 Å². The minimum Gasteiger partial charge on any atom is -0.487 e. The van der Waals surface area contributed by atoms with E-state index in [1.807, 2.05) is 24.3 Å². The second-order valence-electron chi connectivity index (χ2n) is 8.09. The lowest BCUT2D eigenvalue weighted by Crippen LogP contribution is -2.05. The van der Waals surface area contributed by atoms with E-state index >= 15 is 0 Å². The summed E-state index contributed by atoms with van der Waals surface area (Å²) in [5.74, 6) is 1.33. The summed E-state index contributed by atoms with van der Waals surface area (Å²) in [5, 5.41) is 9.98. The molecule has 0 saturated carbocycles. The van der Waals surface area contributed by atoms with Crippen LogP contribution in [0.3, 0.4) is 0 Å². The standard InChI is InChI=1S/C24H23F5N4O3S/c25-37(26,27,28,29)22-11-6-19(7-12-22)8-13-23-31-20(17-36-23)16-35-21-9-4-18(5-10-21)3-1-2-14-34-24-15-30-33-32-24/h4-13,15,17H,1-3,14,16H2,(H,30,32,33)/b13-8+. The Morgan fingerprint density at radius 2 is 1.65 bits per heavy atom. The molecular formula is C24H23F5N4O3S. The zero-order valence-corrected chi connectivity index (χ0v) is 20.1. The molecule has 0 amide bonds. The first-order valence-corrected chi connectivity index (χ1v) is 13.1. The first-order chi connectivity index (χ1) is 17.4. The first kappa shape index (κ1) is 26.2. The molecule has 0 bridgehead atoms. The highest BCUT2D eigenvalue weighted by Gasteiger charge is 2.65. The summed E-state index contributed by atoms with van der Waals surface area (Å²) in [7, 11) is -9.68. The Bertz CT molecular complexity index is 1330. The van der Waals surface area contributed by atoms with Crippen molar-refractivity contribution in [3.8, 4) is 11.6 Å². The topological polar surface area (TPSA) is 86.1 Å². The molecule has 13 heteroatoms. The molecule has 0 spiro atoms. The number of nitrogens with zero attached hydrogens (tertiary/aromatic N) is 3. The number of hydrogen-bond acceptors (Lipinski definition) is 6. The van der Waals surface area contributed by atoms with Crippen molar-refractivity contribution in [2.24, 2.45) is 0 Å². The van der Waals surface area contributed by atoms with Crippen LogP contribution in [0.15, 0.2) is 70.3 Å². The highest BCUT2D eigenvalue weighted by Crippen LogP contribution is 3.02. The third-order valence-electron chi connectivity index (χ3n) is 5.13. The summed E-state index contributed by atoms with van der Waals surface area (Å²) in [6.45, 7) is 0.710. The van der Waals surface area contributed by atoms with Crippen LogP contribution in [0.5, 0.6) is 11.6 Å². The molecule has 0 aliphatic carbocycles. The van der Waals surface area contributed by atoms with E-state index in [4.69, 9.17) is 13.9 Å². The number of aromatic amines is 1. The Hall–Kier alpha value is -3.87. The number of rotatable bonds is 12. The molecule has 4 rings (SSSR count). The van der Waals surface area contributed by atoms with Gasteiger partial charge in [-0.2, -0.15) is 10.3 Å². The quantitative estimate of drug-likeness (QED) is 0.147. The fourth-order valence-electron chi connectivity index (χ4n) is 3.25. The number of unbranched alkanes of at least 4 members (excludes halogenated alkanes) is 1. The maximum absolute atomic E-state index is 12.8. The number of aryl methyl sites for hydroxylation is 1. The van der Waals surface area contributed by atoms with Crippen LogP contribution < -0.4 is 9.47 Å². The molecule has 7 nitrogen and oxygen atoms in total. The van der Waals surface area contributed by atoms with Gasteiger partial charge in [-0.3, -0.25) is 0 Å². The average Bonchev–Trinajstić information content (AvgIpc) is 3.53. The summed E-state index contributed by atoms with van der Waals surface area (Å²) >= 11 is 0. The summed E-state index contributed by atoms with van der Waals surface area (Å²) < 4.78 is 80.5. The van der Waals surface area contributed by atoms with E-state index in [2.05, 4.69) is 20.4 Å². The highest BCUT2D eigenvalue weighted by molar-refractivity contribution is 8.45. The van der Waals surface area contributed by atoms with E-state index in [9.17, 15) is 19.4 Å². The van der Waals surface area contributed by atoms with Gasteiger partial charge in [0.1, 0.15) is 35.4 Å². The smallest absolute Gasteiger partial charge is 0.310 e. The van der Waals surface area contributed by atoms with Gasteiger partial charge in [-0.25, -0.2) is 4.98 Å². The van der Waals surface area contributed by atoms with Crippen molar-refractivity contribution in [1.29, 1.82) is 0 Å². The van der Waals surface area contributed by atoms with Gasteiger partial charge in [0.25, 0.3) is 5.88 Å². The summed E-state index contributed by atoms with van der Waals surface area (Å²) in [6, 6.07) is 10.3. The molecule has 2 heterocycles. The Morgan fingerprint density at radius 3 is 2.32 bits per heavy atom. The Labute approximate surface area is 209 Å². The number of benzene rings is 2. The molecule has 0 fully saturated rings. The van der Waals surface area contributed by atoms with Gasteiger partial charge in [-0.15, -0.1) is 5.10 Å². The number of nitrogens with one attached hydrogen (secondary N) is 1. The molecule has 4 aromatic rings. The zero-order chi connectivity index (χ0) is 26.4. The van der Waals surface area contributed by atoms with Gasteiger partial charge >= 0.3 is 10.2 Å². The SMILES string of the molecule is FS(F)(F)(F)(F)c1ccc(/C=C/c2nc(COc3ccc(CCCCOc4cn[nH]n4)cc3)co2)cc1. The number of oxazole rings is 1. The monoisotopic (exact) mass is 542 g/mol. The summed E-state index contributed by atoms with van der Waals surface area (Å²) in [4.78, 5) is 2.28. The van der Waals surface area contributed by atoms with Crippen LogP contribution in [0.4, 0.5) is 19.4 Å². The van der Waals surface area contributed by atoms with Crippen molar-refractivity contribution in [3.63, 3.8) is 0 Å². The van der Waals surface area contributed by atoms with Gasteiger partial charge in [-0.05, 0) is 60.7 Å². The van der Waals surface area contributed by atoms with Crippen molar-refractivity contribution in [2.75, 3.05) is 6.61 Å². The lowest BCUT2D eigenvalue weighted by Gasteiger charge is -2.40. The minimum absolute atomic E-state index is 0.147. The zero-order valence-electron chi connectivity index (χ0n) is 19.3. The second-order valence-corrected chi connectivity index (χ2v) is 10.5. The van der Waals surface area contributed by atoms with Gasteiger partial charge in [0, 0.05) is 6.08 Å². The van der Waals surface area contributed by atoms with E-state index in [1.54, 1.807) is 0 Å². The summed E-state index contributed by atoms with van der Waals surface area (Å²) in [6.07, 6.45) is 8.47. The Kier molecular flexibility index (Phi) is 7.00. The van der Waals surface area contributed by atoms with E-state index in [0.717, 1.165) is 37.0 Å². The molecule has 198 valence electrons. The van der Waals surface area contributed by atoms with Crippen molar-refractivity contribution in [3.05, 3.63) is 83.7 Å². The number of hydrogen-bond donors (Lipinski definition) is 1. The fourth-order valence-corrected chi connectivity index (χ4v) is 3.90. The van der Waals surface area contributed by atoms with Crippen molar-refractivity contribution >= 4 is 22.4 Å². The van der Waals surface area contributed by atoms with Crippen LogP contribution in [0.25, 0.3) is 12.2 Å². The van der Waals surface area contributed by atoms with Gasteiger partial charge < -0.3 is 13.9 Å². The van der Waals surface area contributed by atoms with Crippen molar-refractivity contribution in [2.45, 2.75) is 30.8 Å². The van der Waals surface area contributed by atoms with E-state index in [0.29, 0.717) is 36.1 Å². The maximum atomic E-state index is 12.8. The average molecular weight is 543 g/mol. The molecule has 1 N–H and O–H groups in total. The molecule has 0 radical (unpaired) electrons. The van der Waals surface area contributed by atoms with Crippen LogP contribution >= 0.6 is 10.2 Å². The number of halogens is 5. The van der Waals surface area contributed by atoms with Gasteiger partial charge in [0.05, 0.1) is 6.61 Å². The van der Waals surface area contributed by atoms with E-state index < -0.39 is 15.1 Å². The molecule has 0 unspecified atom stereocenters. The number of ether oxygens (including phenoxy) is 2. The molecule has 0 atom stereocenters. The molecule has 0 aliphatic rings. The number of H-pyrrole nitrogens is 1. The predicted octanol–water partition coefficient (Wildman–Crippen LogP) is 7.60. The summed E-state index contributed by atoms with van der Waals surface area (Å²) in [5.41, 5.74) is 1.95. The fraction of sp³-hybridized carbons (Fsp3) is 0.208. The Balaban J connectivity index is 1.21. The molecular weight excluding hydrogens is 519 g/mol.